The highest BCUT2D eigenvalue weighted by Crippen LogP contribution is 2.42. The van der Waals surface area contributed by atoms with Crippen LogP contribution in [0.1, 0.15) is 44.7 Å². The van der Waals surface area contributed by atoms with Gasteiger partial charge in [-0.25, -0.2) is 0 Å². The molecule has 1 aliphatic carbocycles. The van der Waals surface area contributed by atoms with Crippen LogP contribution in [0.3, 0.4) is 0 Å². The van der Waals surface area contributed by atoms with E-state index in [1.54, 1.807) is 7.11 Å². The fourth-order valence-electron chi connectivity index (χ4n) is 2.83. The van der Waals surface area contributed by atoms with Gasteiger partial charge < -0.3 is 14.8 Å². The van der Waals surface area contributed by atoms with E-state index in [1.807, 2.05) is 32.9 Å². The van der Waals surface area contributed by atoms with Gasteiger partial charge in [-0.05, 0) is 68.7 Å². The van der Waals surface area contributed by atoms with Crippen LogP contribution in [0.4, 0.5) is 5.69 Å². The number of amides is 1. The van der Waals surface area contributed by atoms with Crippen molar-refractivity contribution in [3.63, 3.8) is 0 Å². The lowest BCUT2D eigenvalue weighted by Crippen LogP contribution is -2.44. The molecule has 0 aromatic heterocycles. The van der Waals surface area contributed by atoms with Gasteiger partial charge in [0.05, 0.1) is 6.61 Å². The van der Waals surface area contributed by atoms with Crippen molar-refractivity contribution in [3.8, 4) is 5.75 Å². The lowest BCUT2D eigenvalue weighted by molar-refractivity contribution is -0.138. The van der Waals surface area contributed by atoms with E-state index in [9.17, 15) is 4.79 Å². The summed E-state index contributed by atoms with van der Waals surface area (Å²) in [5.74, 6) is 1.64. The number of hydrogen-bond donors (Lipinski definition) is 1. The number of ether oxygens (including phenoxy) is 2. The Morgan fingerprint density at radius 3 is 2.30 bits per heavy atom. The summed E-state index contributed by atoms with van der Waals surface area (Å²) in [6, 6.07) is 3.92. The highest BCUT2D eigenvalue weighted by molar-refractivity contribution is 5.97. The quantitative estimate of drug-likeness (QED) is 0.823. The summed E-state index contributed by atoms with van der Waals surface area (Å²) in [7, 11) is 1.61. The van der Waals surface area contributed by atoms with Crippen molar-refractivity contribution < 1.29 is 14.3 Å². The molecule has 0 heterocycles. The molecule has 1 atom stereocenters. The van der Waals surface area contributed by atoms with Crippen LogP contribution in [-0.2, 0) is 9.53 Å². The number of hydrogen-bond acceptors (Lipinski definition) is 3. The average Bonchev–Trinajstić information content (AvgIpc) is 3.30. The molecule has 0 saturated heterocycles. The van der Waals surface area contributed by atoms with Gasteiger partial charge in [0.15, 0.2) is 0 Å². The van der Waals surface area contributed by atoms with E-state index in [-0.39, 0.29) is 5.91 Å². The highest BCUT2D eigenvalue weighted by Gasteiger charge is 2.47. The highest BCUT2D eigenvalue weighted by atomic mass is 16.5. The molecule has 1 amide bonds. The Morgan fingerprint density at radius 2 is 1.87 bits per heavy atom. The largest absolute Gasteiger partial charge is 0.493 e. The number of aryl methyl sites for hydroxylation is 2. The van der Waals surface area contributed by atoms with Crippen molar-refractivity contribution in [3.05, 3.63) is 23.3 Å². The van der Waals surface area contributed by atoms with Crippen molar-refractivity contribution in [2.45, 2.75) is 53.1 Å². The number of anilines is 1. The lowest BCUT2D eigenvalue weighted by atomic mass is 9.98. The minimum atomic E-state index is -0.741. The van der Waals surface area contributed by atoms with Crippen molar-refractivity contribution in [2.24, 2.45) is 11.8 Å². The van der Waals surface area contributed by atoms with Gasteiger partial charge in [0.25, 0.3) is 5.91 Å². The molecule has 1 aromatic carbocycles. The predicted molar refractivity (Wildman–Crippen MR) is 93.0 cm³/mol. The second kappa shape index (κ2) is 6.91. The van der Waals surface area contributed by atoms with E-state index < -0.39 is 5.60 Å². The smallest absolute Gasteiger partial charge is 0.256 e. The molecule has 4 heteroatoms. The van der Waals surface area contributed by atoms with Gasteiger partial charge in [-0.2, -0.15) is 0 Å². The Balaban J connectivity index is 2.13. The molecule has 1 N–H and O–H groups in total. The lowest BCUT2D eigenvalue weighted by Gasteiger charge is -2.27. The summed E-state index contributed by atoms with van der Waals surface area (Å²) in [5, 5.41) is 3.01. The summed E-state index contributed by atoms with van der Waals surface area (Å²) in [4.78, 5) is 12.6. The number of nitrogens with one attached hydrogen (secondary N) is 1. The van der Waals surface area contributed by atoms with Crippen molar-refractivity contribution in [1.29, 1.82) is 0 Å². The SMILES string of the molecule is CO[C@](C)(C(=O)Nc1cc(C)c(OCC(C)C)c(C)c1)C1CC1. The number of carbonyl (C=O) groups excluding carboxylic acids is 1. The second-order valence-corrected chi connectivity index (χ2v) is 7.18. The fraction of sp³-hybridized carbons (Fsp3) is 0.632. The first-order valence-electron chi connectivity index (χ1n) is 8.38. The van der Waals surface area contributed by atoms with Gasteiger partial charge in [0, 0.05) is 12.8 Å². The van der Waals surface area contributed by atoms with Crippen LogP contribution in [0.2, 0.25) is 0 Å². The van der Waals surface area contributed by atoms with Crippen LogP contribution in [0, 0.1) is 25.7 Å². The molecule has 1 saturated carbocycles. The van der Waals surface area contributed by atoms with Gasteiger partial charge in [0.1, 0.15) is 11.4 Å². The molecule has 128 valence electrons. The minimum absolute atomic E-state index is 0.0721. The standard InChI is InChI=1S/C19H29NO3/c1-12(2)11-23-17-13(3)9-16(10-14(17)4)20-18(21)19(5,22-6)15-7-8-15/h9-10,12,15H,7-8,11H2,1-6H3,(H,20,21)/t19-/m0/s1. The van der Waals surface area contributed by atoms with Crippen molar-refractivity contribution >= 4 is 11.6 Å². The molecule has 0 radical (unpaired) electrons. The Kier molecular flexibility index (Phi) is 5.35. The first-order chi connectivity index (χ1) is 10.8. The molecule has 0 unspecified atom stereocenters. The monoisotopic (exact) mass is 319 g/mol. The number of benzene rings is 1. The maximum absolute atomic E-state index is 12.6. The van der Waals surface area contributed by atoms with Crippen molar-refractivity contribution in [2.75, 3.05) is 19.0 Å². The van der Waals surface area contributed by atoms with Crippen molar-refractivity contribution in [1.82, 2.24) is 0 Å². The average molecular weight is 319 g/mol. The summed E-state index contributed by atoms with van der Waals surface area (Å²) in [5.41, 5.74) is 2.12. The zero-order chi connectivity index (χ0) is 17.2. The van der Waals surface area contributed by atoms with Crippen LogP contribution in [0.25, 0.3) is 0 Å². The maximum atomic E-state index is 12.6. The van der Waals surface area contributed by atoms with Gasteiger partial charge in [-0.3, -0.25) is 4.79 Å². The first-order valence-corrected chi connectivity index (χ1v) is 8.38. The maximum Gasteiger partial charge on any atom is 0.256 e. The minimum Gasteiger partial charge on any atom is -0.493 e. The van der Waals surface area contributed by atoms with Crippen LogP contribution in [0.5, 0.6) is 5.75 Å². The molecule has 0 bridgehead atoms. The number of methoxy groups -OCH3 is 1. The summed E-state index contributed by atoms with van der Waals surface area (Å²) in [6.07, 6.45) is 2.11. The fourth-order valence-corrected chi connectivity index (χ4v) is 2.83. The molecule has 0 spiro atoms. The van der Waals surface area contributed by atoms with Crippen LogP contribution in [0.15, 0.2) is 12.1 Å². The normalized spacial score (nSPS) is 17.0. The third-order valence-electron chi connectivity index (χ3n) is 4.51. The zero-order valence-electron chi connectivity index (χ0n) is 15.2. The van der Waals surface area contributed by atoms with Crippen LogP contribution in [-0.4, -0.2) is 25.2 Å². The molecule has 4 nitrogen and oxygen atoms in total. The molecule has 23 heavy (non-hydrogen) atoms. The van der Waals surface area contributed by atoms with Gasteiger partial charge in [-0.1, -0.05) is 13.8 Å². The van der Waals surface area contributed by atoms with Crippen LogP contribution >= 0.6 is 0 Å². The molecule has 1 aromatic rings. The summed E-state index contributed by atoms with van der Waals surface area (Å²) in [6.45, 7) is 10.8. The van der Waals surface area contributed by atoms with Gasteiger partial charge >= 0.3 is 0 Å². The third-order valence-corrected chi connectivity index (χ3v) is 4.51. The van der Waals surface area contributed by atoms with E-state index in [2.05, 4.69) is 19.2 Å². The first kappa shape index (κ1) is 17.8. The van der Waals surface area contributed by atoms with Crippen LogP contribution < -0.4 is 10.1 Å². The van der Waals surface area contributed by atoms with Gasteiger partial charge in [-0.15, -0.1) is 0 Å². The number of rotatable bonds is 7. The molecular formula is C19H29NO3. The Bertz CT molecular complexity index is 555. The summed E-state index contributed by atoms with van der Waals surface area (Å²) < 4.78 is 11.4. The van der Waals surface area contributed by atoms with E-state index in [1.165, 1.54) is 0 Å². The third kappa shape index (κ3) is 4.05. The molecule has 1 fully saturated rings. The number of carbonyl (C=O) groups is 1. The van der Waals surface area contributed by atoms with Gasteiger partial charge in [0.2, 0.25) is 0 Å². The van der Waals surface area contributed by atoms with E-state index in [4.69, 9.17) is 9.47 Å². The molecule has 0 aliphatic heterocycles. The van der Waals surface area contributed by atoms with E-state index in [0.717, 1.165) is 35.4 Å². The van der Waals surface area contributed by atoms with E-state index in [0.29, 0.717) is 18.4 Å². The van der Waals surface area contributed by atoms with E-state index >= 15 is 0 Å². The second-order valence-electron chi connectivity index (χ2n) is 7.18. The Morgan fingerprint density at radius 1 is 1.30 bits per heavy atom. The zero-order valence-corrected chi connectivity index (χ0v) is 15.2. The topological polar surface area (TPSA) is 47.6 Å². The predicted octanol–water partition coefficient (Wildman–Crippen LogP) is 4.09. The Labute approximate surface area is 139 Å². The Hall–Kier alpha value is -1.55. The molecule has 2 rings (SSSR count). The molecular weight excluding hydrogens is 290 g/mol. The summed E-state index contributed by atoms with van der Waals surface area (Å²) >= 11 is 0. The molecule has 1 aliphatic rings.